The van der Waals surface area contributed by atoms with E-state index < -0.39 is 42.0 Å². The zero-order valence-corrected chi connectivity index (χ0v) is 11.5. The number of rotatable bonds is 2. The van der Waals surface area contributed by atoms with Crippen LogP contribution in [0.2, 0.25) is 0 Å². The van der Waals surface area contributed by atoms with Crippen LogP contribution >= 0.6 is 0 Å². The number of hydrogen-bond donors (Lipinski definition) is 2. The van der Waals surface area contributed by atoms with Gasteiger partial charge in [0, 0.05) is 11.6 Å². The third-order valence-electron chi connectivity index (χ3n) is 3.11. The molecule has 2 N–H and O–H groups in total. The van der Waals surface area contributed by atoms with Gasteiger partial charge in [-0.2, -0.15) is 0 Å². The Balaban J connectivity index is 2.04. The molecule has 0 aliphatic carbocycles. The van der Waals surface area contributed by atoms with Crippen LogP contribution in [0.3, 0.4) is 0 Å². The Bertz CT molecular complexity index is 448. The first kappa shape index (κ1) is 15.0. The summed E-state index contributed by atoms with van der Waals surface area (Å²) in [5, 5.41) is 19.3. The average molecular weight is 286 g/mol. The summed E-state index contributed by atoms with van der Waals surface area (Å²) in [6, 6.07) is 0. The first-order valence-corrected chi connectivity index (χ1v) is 6.31. The lowest BCUT2D eigenvalue weighted by molar-refractivity contribution is -0.233. The Morgan fingerprint density at radius 3 is 2.65 bits per heavy atom. The van der Waals surface area contributed by atoms with Crippen LogP contribution in [0.25, 0.3) is 0 Å². The zero-order valence-electron chi connectivity index (χ0n) is 11.5. The van der Waals surface area contributed by atoms with E-state index in [0.717, 1.165) is 6.08 Å². The summed E-state index contributed by atoms with van der Waals surface area (Å²) < 4.78 is 15.2. The van der Waals surface area contributed by atoms with Crippen LogP contribution in [0.15, 0.2) is 11.6 Å². The van der Waals surface area contributed by atoms with Crippen molar-refractivity contribution in [2.24, 2.45) is 5.41 Å². The lowest BCUT2D eigenvalue weighted by Gasteiger charge is -2.35. The topological polar surface area (TPSA) is 102 Å². The van der Waals surface area contributed by atoms with Crippen LogP contribution in [0, 0.1) is 5.41 Å². The second-order valence-electron chi connectivity index (χ2n) is 5.86. The van der Waals surface area contributed by atoms with E-state index >= 15 is 0 Å². The maximum absolute atomic E-state index is 11.7. The minimum atomic E-state index is -1.48. The summed E-state index contributed by atoms with van der Waals surface area (Å²) in [4.78, 5) is 22.9. The lowest BCUT2D eigenvalue weighted by Crippen LogP contribution is -2.50. The van der Waals surface area contributed by atoms with E-state index in [9.17, 15) is 19.8 Å². The van der Waals surface area contributed by atoms with Crippen molar-refractivity contribution in [1.29, 1.82) is 0 Å². The Morgan fingerprint density at radius 1 is 1.40 bits per heavy atom. The van der Waals surface area contributed by atoms with Crippen LogP contribution in [0.4, 0.5) is 0 Å². The molecule has 7 nitrogen and oxygen atoms in total. The number of carbonyl (C=O) groups is 2. The number of aliphatic hydroxyl groups is 2. The molecular weight excluding hydrogens is 268 g/mol. The van der Waals surface area contributed by atoms with Crippen molar-refractivity contribution in [2.45, 2.75) is 45.4 Å². The molecule has 1 saturated heterocycles. The van der Waals surface area contributed by atoms with Gasteiger partial charge in [0.15, 0.2) is 12.4 Å². The molecule has 2 rings (SSSR count). The molecule has 2 heterocycles. The maximum atomic E-state index is 11.7. The molecule has 0 aromatic rings. The molecule has 0 spiro atoms. The quantitative estimate of drug-likeness (QED) is 0.660. The largest absolute Gasteiger partial charge is 0.462 e. The van der Waals surface area contributed by atoms with Gasteiger partial charge in [0.05, 0.1) is 5.41 Å². The third-order valence-corrected chi connectivity index (χ3v) is 3.11. The van der Waals surface area contributed by atoms with Crippen molar-refractivity contribution in [3.63, 3.8) is 0 Å². The predicted molar refractivity (Wildman–Crippen MR) is 65.3 cm³/mol. The molecule has 0 bridgehead atoms. The minimum absolute atomic E-state index is 0.171. The van der Waals surface area contributed by atoms with E-state index in [1.54, 1.807) is 20.8 Å². The summed E-state index contributed by atoms with van der Waals surface area (Å²) in [7, 11) is 0. The fraction of sp³-hybridized carbons (Fsp3) is 0.692. The lowest BCUT2D eigenvalue weighted by atomic mass is 9.96. The molecule has 7 heteroatoms. The fourth-order valence-corrected chi connectivity index (χ4v) is 1.98. The number of carbonyl (C=O) groups excluding carboxylic acids is 2. The van der Waals surface area contributed by atoms with Crippen molar-refractivity contribution in [3.05, 3.63) is 11.6 Å². The Kier molecular flexibility index (Phi) is 3.86. The zero-order chi connectivity index (χ0) is 15.1. The van der Waals surface area contributed by atoms with E-state index in [4.69, 9.17) is 14.2 Å². The highest BCUT2D eigenvalue weighted by molar-refractivity contribution is 5.86. The number of esters is 2. The Hall–Kier alpha value is -1.44. The van der Waals surface area contributed by atoms with E-state index in [0.29, 0.717) is 0 Å². The molecule has 0 radical (unpaired) electrons. The van der Waals surface area contributed by atoms with Gasteiger partial charge in [-0.15, -0.1) is 0 Å². The van der Waals surface area contributed by atoms with Gasteiger partial charge >= 0.3 is 11.9 Å². The molecule has 2 aliphatic heterocycles. The summed E-state index contributed by atoms with van der Waals surface area (Å²) in [6.07, 6.45) is -3.35. The summed E-state index contributed by atoms with van der Waals surface area (Å²) in [5.74, 6) is -1.05. The van der Waals surface area contributed by atoms with Gasteiger partial charge < -0.3 is 24.4 Å². The van der Waals surface area contributed by atoms with Crippen LogP contribution < -0.4 is 0 Å². The monoisotopic (exact) mass is 286 g/mol. The standard InChI is InChI=1S/C13H18O7/c1-13(2,3)12(17)18-5-7-10-6(4-8(14)20-10)9(15)11(16)19-7/h4,7,9-11,15-16H,5H2,1-3H3/t7-,9-,10+,11+/m1/s1. The van der Waals surface area contributed by atoms with Crippen LogP contribution in [-0.2, 0) is 23.8 Å². The van der Waals surface area contributed by atoms with Gasteiger partial charge in [-0.3, -0.25) is 4.79 Å². The van der Waals surface area contributed by atoms with Gasteiger partial charge in [0.2, 0.25) is 0 Å². The molecule has 0 amide bonds. The molecule has 1 fully saturated rings. The molecule has 112 valence electrons. The van der Waals surface area contributed by atoms with Crippen LogP contribution in [-0.4, -0.2) is 53.4 Å². The van der Waals surface area contributed by atoms with Gasteiger partial charge in [-0.25, -0.2) is 4.79 Å². The second kappa shape index (κ2) is 5.16. The van der Waals surface area contributed by atoms with Crippen molar-refractivity contribution < 1.29 is 34.0 Å². The summed E-state index contributed by atoms with van der Waals surface area (Å²) >= 11 is 0. The van der Waals surface area contributed by atoms with Crippen molar-refractivity contribution in [1.82, 2.24) is 0 Å². The molecule has 0 aromatic heterocycles. The third kappa shape index (κ3) is 2.84. The predicted octanol–water partition coefficient (Wildman–Crippen LogP) is -0.494. The number of fused-ring (bicyclic) bond motifs is 1. The number of aliphatic hydroxyl groups excluding tert-OH is 2. The molecule has 0 saturated carbocycles. The van der Waals surface area contributed by atoms with Crippen LogP contribution in [0.1, 0.15) is 20.8 Å². The van der Waals surface area contributed by atoms with E-state index in [2.05, 4.69) is 0 Å². The van der Waals surface area contributed by atoms with Gasteiger partial charge in [-0.05, 0) is 20.8 Å². The normalized spacial score (nSPS) is 33.2. The highest BCUT2D eigenvalue weighted by Crippen LogP contribution is 2.31. The molecule has 0 unspecified atom stereocenters. The highest BCUT2D eigenvalue weighted by Gasteiger charge is 2.46. The minimum Gasteiger partial charge on any atom is -0.462 e. The van der Waals surface area contributed by atoms with E-state index in [1.165, 1.54) is 0 Å². The first-order valence-electron chi connectivity index (χ1n) is 6.31. The van der Waals surface area contributed by atoms with Crippen molar-refractivity contribution in [2.75, 3.05) is 6.61 Å². The van der Waals surface area contributed by atoms with E-state index in [-0.39, 0.29) is 12.2 Å². The summed E-state index contributed by atoms with van der Waals surface area (Å²) in [6.45, 7) is 4.94. The van der Waals surface area contributed by atoms with Gasteiger partial charge in [0.25, 0.3) is 0 Å². The summed E-state index contributed by atoms with van der Waals surface area (Å²) in [5.41, 5.74) is -0.428. The smallest absolute Gasteiger partial charge is 0.331 e. The van der Waals surface area contributed by atoms with Crippen molar-refractivity contribution in [3.8, 4) is 0 Å². The first-order chi connectivity index (χ1) is 9.20. The molecular formula is C13H18O7. The second-order valence-corrected chi connectivity index (χ2v) is 5.86. The molecule has 0 aromatic carbocycles. The van der Waals surface area contributed by atoms with Gasteiger partial charge in [-0.1, -0.05) is 0 Å². The molecule has 4 atom stereocenters. The van der Waals surface area contributed by atoms with Crippen LogP contribution in [0.5, 0.6) is 0 Å². The fourth-order valence-electron chi connectivity index (χ4n) is 1.98. The average Bonchev–Trinajstić information content (AvgIpc) is 2.72. The SMILES string of the molecule is CC(C)(C)C(=O)OC[C@H]1O[C@H](O)[C@H](O)C2=CC(=O)O[C@@H]21. The van der Waals surface area contributed by atoms with Crippen molar-refractivity contribution >= 4 is 11.9 Å². The molecule has 2 aliphatic rings. The Labute approximate surface area is 116 Å². The number of ether oxygens (including phenoxy) is 3. The highest BCUT2D eigenvalue weighted by atomic mass is 16.7. The number of hydrogen-bond acceptors (Lipinski definition) is 7. The van der Waals surface area contributed by atoms with E-state index in [1.807, 2.05) is 0 Å². The maximum Gasteiger partial charge on any atom is 0.331 e. The van der Waals surface area contributed by atoms with Gasteiger partial charge in [0.1, 0.15) is 18.8 Å². The molecule has 20 heavy (non-hydrogen) atoms. The Morgan fingerprint density at radius 2 is 2.05 bits per heavy atom.